The van der Waals surface area contributed by atoms with Gasteiger partial charge in [-0.2, -0.15) is 5.06 Å². The van der Waals surface area contributed by atoms with E-state index in [2.05, 4.69) is 11.6 Å². The second-order valence-corrected chi connectivity index (χ2v) is 7.58. The Morgan fingerprint density at radius 2 is 2.10 bits per heavy atom. The van der Waals surface area contributed by atoms with Gasteiger partial charge in [0.25, 0.3) is 0 Å². The number of hydrogen-bond acceptors (Lipinski definition) is 6. The molecule has 0 saturated carbocycles. The Hall–Kier alpha value is -3.14. The summed E-state index contributed by atoms with van der Waals surface area (Å²) in [5, 5.41) is 1.11. The molecule has 1 aromatic rings. The highest BCUT2D eigenvalue weighted by molar-refractivity contribution is 5.88. The first-order chi connectivity index (χ1) is 13.5. The first kappa shape index (κ1) is 22.2. The number of nitrogens with zero attached hydrogens (tertiary/aromatic N) is 4. The van der Waals surface area contributed by atoms with E-state index in [0.717, 1.165) is 5.06 Å². The van der Waals surface area contributed by atoms with Crippen LogP contribution in [0.2, 0.25) is 0 Å². The fraction of sp³-hybridized carbons (Fsp3) is 0.474. The number of primary amides is 1. The zero-order chi connectivity index (χ0) is 21.8. The van der Waals surface area contributed by atoms with Gasteiger partial charge in [0, 0.05) is 12.4 Å². The second-order valence-electron chi connectivity index (χ2n) is 7.58. The molecular weight excluding hydrogens is 378 g/mol. The molecule has 0 spiro atoms. The normalized spacial score (nSPS) is 19.3. The van der Waals surface area contributed by atoms with Crippen molar-refractivity contribution in [1.29, 1.82) is 0 Å². The molecule has 158 valence electrons. The van der Waals surface area contributed by atoms with E-state index in [1.165, 1.54) is 34.3 Å². The topological polar surface area (TPSA) is 120 Å². The molecule has 2 rings (SSSR count). The molecule has 2 heterocycles. The van der Waals surface area contributed by atoms with Crippen molar-refractivity contribution in [1.82, 2.24) is 19.5 Å². The molecule has 0 aromatic carbocycles. The lowest BCUT2D eigenvalue weighted by atomic mass is 9.98. The summed E-state index contributed by atoms with van der Waals surface area (Å²) in [4.78, 5) is 48.3. The highest BCUT2D eigenvalue weighted by atomic mass is 16.7. The molecule has 29 heavy (non-hydrogen) atoms. The van der Waals surface area contributed by atoms with E-state index < -0.39 is 35.7 Å². The van der Waals surface area contributed by atoms with Crippen LogP contribution in [-0.2, 0) is 14.4 Å². The highest BCUT2D eigenvalue weighted by Crippen LogP contribution is 2.24. The Labute approximate surface area is 169 Å². The fourth-order valence-electron chi connectivity index (χ4n) is 2.93. The van der Waals surface area contributed by atoms with E-state index in [4.69, 9.17) is 15.3 Å². The number of amides is 3. The minimum atomic E-state index is -0.981. The Kier molecular flexibility index (Phi) is 6.80. The first-order valence-electron chi connectivity index (χ1n) is 9.07. The average Bonchev–Trinajstić information content (AvgIpc) is 3.14. The monoisotopic (exact) mass is 405 g/mol. The van der Waals surface area contributed by atoms with Gasteiger partial charge in [-0.1, -0.05) is 12.2 Å². The summed E-state index contributed by atoms with van der Waals surface area (Å²) < 4.78 is 6.66. The van der Waals surface area contributed by atoms with Crippen LogP contribution in [-0.4, -0.2) is 68.4 Å². The van der Waals surface area contributed by atoms with Crippen molar-refractivity contribution >= 4 is 18.0 Å². The van der Waals surface area contributed by atoms with E-state index in [9.17, 15) is 14.4 Å². The summed E-state index contributed by atoms with van der Waals surface area (Å²) in [6.45, 7) is 10.4. The maximum atomic E-state index is 12.9. The number of imidazole rings is 1. The van der Waals surface area contributed by atoms with Crippen molar-refractivity contribution in [3.05, 3.63) is 43.0 Å². The van der Waals surface area contributed by atoms with E-state index >= 15 is 0 Å². The lowest BCUT2D eigenvalue weighted by Crippen LogP contribution is -2.58. The van der Waals surface area contributed by atoms with Gasteiger partial charge in [0.05, 0.1) is 19.2 Å². The van der Waals surface area contributed by atoms with Crippen LogP contribution in [0, 0.1) is 0 Å². The summed E-state index contributed by atoms with van der Waals surface area (Å²) in [5.74, 6) is -0.692. The summed E-state index contributed by atoms with van der Waals surface area (Å²) >= 11 is 0. The van der Waals surface area contributed by atoms with Crippen LogP contribution < -0.4 is 5.73 Å². The van der Waals surface area contributed by atoms with Crippen LogP contribution in [0.5, 0.6) is 0 Å². The van der Waals surface area contributed by atoms with E-state index in [-0.39, 0.29) is 13.2 Å². The van der Waals surface area contributed by atoms with Gasteiger partial charge in [0.1, 0.15) is 18.0 Å². The van der Waals surface area contributed by atoms with Crippen LogP contribution in [0.1, 0.15) is 27.7 Å². The molecule has 1 aromatic heterocycles. The molecule has 10 heteroatoms. The predicted molar refractivity (Wildman–Crippen MR) is 104 cm³/mol. The summed E-state index contributed by atoms with van der Waals surface area (Å²) in [7, 11) is 0. The van der Waals surface area contributed by atoms with Crippen molar-refractivity contribution < 1.29 is 24.0 Å². The smallest absolute Gasteiger partial charge is 0.411 e. The van der Waals surface area contributed by atoms with Crippen LogP contribution in [0.15, 0.2) is 43.0 Å². The molecule has 0 bridgehead atoms. The van der Waals surface area contributed by atoms with Crippen molar-refractivity contribution in [2.75, 3.05) is 13.2 Å². The molecule has 1 aliphatic rings. The third-order valence-corrected chi connectivity index (χ3v) is 4.03. The minimum absolute atomic E-state index is 0.0442. The van der Waals surface area contributed by atoms with Gasteiger partial charge in [0.2, 0.25) is 5.91 Å². The Morgan fingerprint density at radius 1 is 1.41 bits per heavy atom. The zero-order valence-electron chi connectivity index (χ0n) is 17.1. The SMILES string of the molecule is C=CCON(C(=O)n1ccnc1)[C@@H]1C=C(C)[C@@H](C(N)=O)N(C(=O)OC(C)(C)C)C1. The molecule has 0 saturated heterocycles. The van der Waals surface area contributed by atoms with Gasteiger partial charge in [-0.3, -0.25) is 19.1 Å². The van der Waals surface area contributed by atoms with Gasteiger partial charge >= 0.3 is 12.1 Å². The zero-order valence-corrected chi connectivity index (χ0v) is 17.1. The molecule has 0 unspecified atom stereocenters. The summed E-state index contributed by atoms with van der Waals surface area (Å²) in [6, 6.07) is -2.18. The number of carbonyl (C=O) groups is 3. The third-order valence-electron chi connectivity index (χ3n) is 4.03. The highest BCUT2D eigenvalue weighted by Gasteiger charge is 2.40. The summed E-state index contributed by atoms with van der Waals surface area (Å²) in [5.41, 5.74) is 5.26. The molecule has 2 N–H and O–H groups in total. The van der Waals surface area contributed by atoms with Gasteiger partial charge < -0.3 is 10.5 Å². The molecule has 0 fully saturated rings. The van der Waals surface area contributed by atoms with Crippen LogP contribution in [0.4, 0.5) is 9.59 Å². The molecule has 10 nitrogen and oxygen atoms in total. The average molecular weight is 405 g/mol. The van der Waals surface area contributed by atoms with E-state index in [1.807, 2.05) is 0 Å². The maximum absolute atomic E-state index is 12.9. The van der Waals surface area contributed by atoms with Crippen LogP contribution in [0.25, 0.3) is 0 Å². The standard InChI is InChI=1S/C19H27N5O5/c1-6-9-28-24(17(26)22-8-7-21-12-22)14-10-13(2)15(16(20)25)23(11-14)18(27)29-19(3,4)5/h6-8,10,12,14-15H,1,9,11H2,2-5H3,(H2,20,25)/t14-,15+/m1/s1. The second kappa shape index (κ2) is 8.91. The number of carbonyl (C=O) groups excluding carboxylic acids is 3. The Bertz CT molecular complexity index is 796. The fourth-order valence-corrected chi connectivity index (χ4v) is 2.93. The largest absolute Gasteiger partial charge is 0.444 e. The number of rotatable bonds is 5. The number of hydroxylamine groups is 2. The lowest BCUT2D eigenvalue weighted by molar-refractivity contribution is -0.134. The van der Waals surface area contributed by atoms with Gasteiger partial charge in [-0.25, -0.2) is 14.6 Å². The first-order valence-corrected chi connectivity index (χ1v) is 9.07. The summed E-state index contributed by atoms with van der Waals surface area (Å²) in [6.07, 6.45) is 6.73. The molecule has 1 aliphatic heterocycles. The van der Waals surface area contributed by atoms with Gasteiger partial charge in [-0.15, -0.1) is 6.58 Å². The van der Waals surface area contributed by atoms with Crippen molar-refractivity contribution in [3.63, 3.8) is 0 Å². The predicted octanol–water partition coefficient (Wildman–Crippen LogP) is 1.69. The van der Waals surface area contributed by atoms with E-state index in [1.54, 1.807) is 33.8 Å². The van der Waals surface area contributed by atoms with Crippen LogP contribution in [0.3, 0.4) is 0 Å². The van der Waals surface area contributed by atoms with Gasteiger partial charge in [0.15, 0.2) is 0 Å². The number of hydrogen-bond donors (Lipinski definition) is 1. The Balaban J connectivity index is 2.38. The molecule has 2 atom stereocenters. The minimum Gasteiger partial charge on any atom is -0.444 e. The van der Waals surface area contributed by atoms with Crippen molar-refractivity contribution in [2.24, 2.45) is 5.73 Å². The van der Waals surface area contributed by atoms with Crippen molar-refractivity contribution in [3.8, 4) is 0 Å². The molecule has 3 amide bonds. The van der Waals surface area contributed by atoms with E-state index in [0.29, 0.717) is 5.57 Å². The Morgan fingerprint density at radius 3 is 2.62 bits per heavy atom. The number of ether oxygens (including phenoxy) is 1. The lowest BCUT2D eigenvalue weighted by Gasteiger charge is -2.40. The van der Waals surface area contributed by atoms with Gasteiger partial charge in [-0.05, 0) is 33.3 Å². The number of aromatic nitrogens is 2. The van der Waals surface area contributed by atoms with Crippen LogP contribution >= 0.6 is 0 Å². The third kappa shape index (κ3) is 5.44. The molecular formula is C19H27N5O5. The van der Waals surface area contributed by atoms with Crippen molar-refractivity contribution in [2.45, 2.75) is 45.4 Å². The molecule has 0 radical (unpaired) electrons. The quantitative estimate of drug-likeness (QED) is 0.588. The maximum Gasteiger partial charge on any atom is 0.411 e. The molecule has 0 aliphatic carbocycles. The number of nitrogens with two attached hydrogens (primary N) is 1.